The molecule has 1 amide bonds. The van der Waals surface area contributed by atoms with E-state index in [9.17, 15) is 14.7 Å². The number of carbonyl (C=O) groups is 2. The van der Waals surface area contributed by atoms with Crippen LogP contribution in [0.3, 0.4) is 0 Å². The number of carboxylic acid groups (broad SMARTS) is 1. The Morgan fingerprint density at radius 3 is 2.31 bits per heavy atom. The average Bonchev–Trinajstić information content (AvgIpc) is 3.27. The van der Waals surface area contributed by atoms with E-state index in [-0.39, 0.29) is 18.9 Å². The fraction of sp³-hybridized carbons (Fsp3) is 0.227. The van der Waals surface area contributed by atoms with Crippen molar-refractivity contribution in [2.75, 3.05) is 6.61 Å². The van der Waals surface area contributed by atoms with Gasteiger partial charge in [-0.25, -0.2) is 9.78 Å². The lowest BCUT2D eigenvalue weighted by atomic mass is 9.98. The second-order valence-electron chi connectivity index (χ2n) is 7.02. The number of benzene rings is 2. The molecule has 2 N–H and O–H groups in total. The minimum Gasteiger partial charge on any atom is -0.481 e. The van der Waals surface area contributed by atoms with Crippen molar-refractivity contribution in [2.24, 2.45) is 7.05 Å². The lowest BCUT2D eigenvalue weighted by Crippen LogP contribution is -2.33. The molecule has 1 heterocycles. The molecule has 2 aromatic carbocycles. The smallest absolute Gasteiger partial charge is 0.407 e. The maximum absolute atomic E-state index is 12.5. The number of rotatable bonds is 6. The van der Waals surface area contributed by atoms with Gasteiger partial charge in [-0.05, 0) is 22.3 Å². The van der Waals surface area contributed by atoms with Crippen LogP contribution in [0.5, 0.6) is 0 Å². The first kappa shape index (κ1) is 18.7. The molecular formula is C22H21N3O4. The van der Waals surface area contributed by atoms with Gasteiger partial charge in [-0.15, -0.1) is 0 Å². The van der Waals surface area contributed by atoms with E-state index >= 15 is 0 Å². The van der Waals surface area contributed by atoms with Crippen LogP contribution in [0.4, 0.5) is 4.79 Å². The number of fused-ring (bicyclic) bond motifs is 3. The zero-order chi connectivity index (χ0) is 20.4. The van der Waals surface area contributed by atoms with Gasteiger partial charge in [0, 0.05) is 25.4 Å². The van der Waals surface area contributed by atoms with Crippen LogP contribution in [0.2, 0.25) is 0 Å². The number of carboxylic acids is 1. The zero-order valence-corrected chi connectivity index (χ0v) is 15.9. The first-order valence-corrected chi connectivity index (χ1v) is 9.35. The maximum atomic E-state index is 12.5. The molecule has 148 valence electrons. The highest BCUT2D eigenvalue weighted by atomic mass is 16.5. The molecule has 0 fully saturated rings. The largest absolute Gasteiger partial charge is 0.481 e. The van der Waals surface area contributed by atoms with Gasteiger partial charge >= 0.3 is 12.1 Å². The predicted octanol–water partition coefficient (Wildman–Crippen LogP) is 3.47. The SMILES string of the molecule is Cn1ccnc1[C@H](CC(=O)O)NC(=O)OCC1c2ccccc2-c2ccccc21. The number of hydrogen-bond donors (Lipinski definition) is 2. The van der Waals surface area contributed by atoms with Crippen molar-refractivity contribution in [1.82, 2.24) is 14.9 Å². The molecule has 1 aliphatic rings. The number of aromatic nitrogens is 2. The van der Waals surface area contributed by atoms with Crippen LogP contribution in [0, 0.1) is 0 Å². The number of alkyl carbamates (subject to hydrolysis) is 1. The number of imidazole rings is 1. The third kappa shape index (κ3) is 3.71. The molecule has 7 nitrogen and oxygen atoms in total. The Hall–Kier alpha value is -3.61. The standard InChI is InChI=1S/C22H21N3O4/c1-25-11-10-23-21(25)19(12-20(26)27)24-22(28)29-13-18-16-8-4-2-6-14(16)15-7-3-5-9-17(15)18/h2-11,18-19H,12-13H2,1H3,(H,24,28)(H,26,27)/t19-/m0/s1. The normalized spacial score (nSPS) is 13.4. The number of aryl methyl sites for hydroxylation is 1. The first-order chi connectivity index (χ1) is 14.0. The van der Waals surface area contributed by atoms with E-state index in [4.69, 9.17) is 4.74 Å². The number of aliphatic carboxylic acids is 1. The lowest BCUT2D eigenvalue weighted by molar-refractivity contribution is -0.137. The minimum absolute atomic E-state index is 0.0563. The van der Waals surface area contributed by atoms with Gasteiger partial charge in [-0.2, -0.15) is 0 Å². The van der Waals surface area contributed by atoms with Gasteiger partial charge in [0.25, 0.3) is 0 Å². The maximum Gasteiger partial charge on any atom is 0.407 e. The van der Waals surface area contributed by atoms with Gasteiger partial charge in [-0.3, -0.25) is 4.79 Å². The van der Waals surface area contributed by atoms with E-state index < -0.39 is 18.1 Å². The van der Waals surface area contributed by atoms with Gasteiger partial charge in [0.05, 0.1) is 6.42 Å². The van der Waals surface area contributed by atoms with Crippen LogP contribution in [-0.2, 0) is 16.6 Å². The summed E-state index contributed by atoms with van der Waals surface area (Å²) in [5.74, 6) is -0.628. The highest BCUT2D eigenvalue weighted by Gasteiger charge is 2.29. The summed E-state index contributed by atoms with van der Waals surface area (Å²) in [6.45, 7) is 0.167. The van der Waals surface area contributed by atoms with E-state index in [0.717, 1.165) is 22.3 Å². The number of nitrogens with one attached hydrogen (secondary N) is 1. The second-order valence-corrected chi connectivity index (χ2v) is 7.02. The molecule has 0 saturated heterocycles. The Morgan fingerprint density at radius 1 is 1.14 bits per heavy atom. The third-order valence-electron chi connectivity index (χ3n) is 5.18. The summed E-state index contributed by atoms with van der Waals surface area (Å²) >= 11 is 0. The molecule has 4 rings (SSSR count). The second kappa shape index (κ2) is 7.79. The Balaban J connectivity index is 1.48. The van der Waals surface area contributed by atoms with Crippen LogP contribution in [0.25, 0.3) is 11.1 Å². The summed E-state index contributed by atoms with van der Waals surface area (Å²) in [5.41, 5.74) is 4.53. The molecule has 1 aromatic heterocycles. The van der Waals surface area contributed by atoms with E-state index in [2.05, 4.69) is 22.4 Å². The number of amides is 1. The van der Waals surface area contributed by atoms with Gasteiger partial charge in [-0.1, -0.05) is 48.5 Å². The van der Waals surface area contributed by atoms with Gasteiger partial charge in [0.1, 0.15) is 18.5 Å². The zero-order valence-electron chi connectivity index (χ0n) is 15.9. The molecular weight excluding hydrogens is 370 g/mol. The molecule has 1 atom stereocenters. The van der Waals surface area contributed by atoms with Gasteiger partial charge < -0.3 is 19.7 Å². The monoisotopic (exact) mass is 391 g/mol. The molecule has 0 radical (unpaired) electrons. The Morgan fingerprint density at radius 2 is 1.76 bits per heavy atom. The molecule has 0 aliphatic heterocycles. The summed E-state index contributed by atoms with van der Waals surface area (Å²) in [6.07, 6.45) is 2.31. The molecule has 29 heavy (non-hydrogen) atoms. The topological polar surface area (TPSA) is 93.5 Å². The van der Waals surface area contributed by atoms with Crippen molar-refractivity contribution >= 4 is 12.1 Å². The molecule has 0 spiro atoms. The van der Waals surface area contributed by atoms with Crippen molar-refractivity contribution in [3.05, 3.63) is 77.9 Å². The van der Waals surface area contributed by atoms with E-state index in [1.807, 2.05) is 36.4 Å². The summed E-state index contributed by atoms with van der Waals surface area (Å²) in [5, 5.41) is 11.8. The summed E-state index contributed by atoms with van der Waals surface area (Å²) < 4.78 is 7.19. The summed E-state index contributed by atoms with van der Waals surface area (Å²) in [4.78, 5) is 27.8. The van der Waals surface area contributed by atoms with Crippen LogP contribution in [-0.4, -0.2) is 33.3 Å². The van der Waals surface area contributed by atoms with Gasteiger partial charge in [0.2, 0.25) is 0 Å². The van der Waals surface area contributed by atoms with Gasteiger partial charge in [0.15, 0.2) is 0 Å². The highest BCUT2D eigenvalue weighted by Crippen LogP contribution is 2.44. The fourth-order valence-corrected chi connectivity index (χ4v) is 3.88. The number of nitrogens with zero attached hydrogens (tertiary/aromatic N) is 2. The minimum atomic E-state index is -1.03. The summed E-state index contributed by atoms with van der Waals surface area (Å²) in [7, 11) is 1.75. The summed E-state index contributed by atoms with van der Waals surface area (Å²) in [6, 6.07) is 15.4. The van der Waals surface area contributed by atoms with Crippen molar-refractivity contribution in [1.29, 1.82) is 0 Å². The molecule has 0 saturated carbocycles. The molecule has 0 unspecified atom stereocenters. The van der Waals surface area contributed by atoms with Crippen molar-refractivity contribution < 1.29 is 19.4 Å². The van der Waals surface area contributed by atoms with Crippen LogP contribution in [0.15, 0.2) is 60.9 Å². The van der Waals surface area contributed by atoms with Crippen LogP contribution >= 0.6 is 0 Å². The number of ether oxygens (including phenoxy) is 1. The van der Waals surface area contributed by atoms with E-state index in [1.165, 1.54) is 0 Å². The molecule has 7 heteroatoms. The Labute approximate surface area is 168 Å². The quantitative estimate of drug-likeness (QED) is 0.671. The van der Waals surface area contributed by atoms with E-state index in [0.29, 0.717) is 5.82 Å². The van der Waals surface area contributed by atoms with Crippen LogP contribution in [0.1, 0.15) is 35.3 Å². The Bertz CT molecular complexity index is 1010. The highest BCUT2D eigenvalue weighted by molar-refractivity contribution is 5.79. The lowest BCUT2D eigenvalue weighted by Gasteiger charge is -2.18. The molecule has 3 aromatic rings. The van der Waals surface area contributed by atoms with Crippen molar-refractivity contribution in [2.45, 2.75) is 18.4 Å². The fourth-order valence-electron chi connectivity index (χ4n) is 3.88. The Kier molecular flexibility index (Phi) is 5.03. The average molecular weight is 391 g/mol. The van der Waals surface area contributed by atoms with E-state index in [1.54, 1.807) is 24.0 Å². The molecule has 1 aliphatic carbocycles. The van der Waals surface area contributed by atoms with Crippen molar-refractivity contribution in [3.8, 4) is 11.1 Å². The predicted molar refractivity (Wildman–Crippen MR) is 106 cm³/mol. The number of carbonyl (C=O) groups excluding carboxylic acids is 1. The first-order valence-electron chi connectivity index (χ1n) is 9.35. The third-order valence-corrected chi connectivity index (χ3v) is 5.18. The molecule has 0 bridgehead atoms. The number of hydrogen-bond acceptors (Lipinski definition) is 4. The van der Waals surface area contributed by atoms with Crippen LogP contribution < -0.4 is 5.32 Å². The van der Waals surface area contributed by atoms with Crippen molar-refractivity contribution in [3.63, 3.8) is 0 Å².